The van der Waals surface area contributed by atoms with Gasteiger partial charge in [-0.25, -0.2) is 0 Å². The molecule has 2 rings (SSSR count). The average molecular weight is 239 g/mol. The van der Waals surface area contributed by atoms with Gasteiger partial charge in [0.1, 0.15) is 0 Å². The minimum Gasteiger partial charge on any atom is -0.329 e. The smallest absolute Gasteiger partial charge is 0.0244 e. The Morgan fingerprint density at radius 1 is 1.18 bits per heavy atom. The molecule has 3 nitrogen and oxygen atoms in total. The van der Waals surface area contributed by atoms with Gasteiger partial charge in [0.2, 0.25) is 0 Å². The Hall–Kier alpha value is -0.120. The maximum Gasteiger partial charge on any atom is 0.0244 e. The van der Waals surface area contributed by atoms with E-state index in [0.29, 0.717) is 6.04 Å². The summed E-state index contributed by atoms with van der Waals surface area (Å²) in [4.78, 5) is 5.19. The van der Waals surface area contributed by atoms with Gasteiger partial charge >= 0.3 is 0 Å². The maximum atomic E-state index is 5.90. The Morgan fingerprint density at radius 2 is 2.00 bits per heavy atom. The van der Waals surface area contributed by atoms with Crippen molar-refractivity contribution in [1.29, 1.82) is 0 Å². The van der Waals surface area contributed by atoms with Crippen LogP contribution in [0.4, 0.5) is 0 Å². The summed E-state index contributed by atoms with van der Waals surface area (Å²) in [7, 11) is 2.29. The molecule has 0 aromatic carbocycles. The van der Waals surface area contributed by atoms with Gasteiger partial charge in [-0.05, 0) is 58.3 Å². The van der Waals surface area contributed by atoms with Gasteiger partial charge in [0.15, 0.2) is 0 Å². The molecule has 100 valence electrons. The van der Waals surface area contributed by atoms with E-state index >= 15 is 0 Å². The molecule has 2 fully saturated rings. The van der Waals surface area contributed by atoms with Crippen LogP contribution in [0.3, 0.4) is 0 Å². The summed E-state index contributed by atoms with van der Waals surface area (Å²) < 4.78 is 0. The minimum atomic E-state index is 0.642. The summed E-state index contributed by atoms with van der Waals surface area (Å²) in [6.07, 6.45) is 6.88. The van der Waals surface area contributed by atoms with Gasteiger partial charge in [-0.15, -0.1) is 0 Å². The highest BCUT2D eigenvalue weighted by molar-refractivity contribution is 4.86. The second-order valence-electron chi connectivity index (χ2n) is 6.02. The lowest BCUT2D eigenvalue weighted by molar-refractivity contribution is 0.147. The van der Waals surface area contributed by atoms with E-state index < -0.39 is 0 Å². The van der Waals surface area contributed by atoms with Crippen molar-refractivity contribution in [3.8, 4) is 0 Å². The van der Waals surface area contributed by atoms with Gasteiger partial charge in [0, 0.05) is 18.6 Å². The molecule has 0 aliphatic carbocycles. The van der Waals surface area contributed by atoms with Crippen LogP contribution in [0.15, 0.2) is 0 Å². The number of piperidine rings is 1. The zero-order valence-corrected chi connectivity index (χ0v) is 11.6. The predicted molar refractivity (Wildman–Crippen MR) is 73.1 cm³/mol. The van der Waals surface area contributed by atoms with E-state index in [4.69, 9.17) is 5.73 Å². The molecule has 0 saturated carbocycles. The molecule has 3 unspecified atom stereocenters. The average Bonchev–Trinajstić information content (AvgIpc) is 2.69. The first kappa shape index (κ1) is 13.3. The van der Waals surface area contributed by atoms with Crippen LogP contribution in [0.5, 0.6) is 0 Å². The largest absolute Gasteiger partial charge is 0.329 e. The highest BCUT2D eigenvalue weighted by Crippen LogP contribution is 2.25. The topological polar surface area (TPSA) is 32.5 Å². The van der Waals surface area contributed by atoms with E-state index in [-0.39, 0.29) is 0 Å². The first-order valence-electron chi connectivity index (χ1n) is 7.36. The Labute approximate surface area is 106 Å². The molecular formula is C14H29N3. The third-order valence-corrected chi connectivity index (χ3v) is 4.91. The van der Waals surface area contributed by atoms with Crippen LogP contribution in [0, 0.1) is 5.92 Å². The van der Waals surface area contributed by atoms with Crippen LogP contribution in [-0.2, 0) is 0 Å². The molecule has 0 bridgehead atoms. The van der Waals surface area contributed by atoms with Crippen molar-refractivity contribution in [3.63, 3.8) is 0 Å². The van der Waals surface area contributed by atoms with Crippen LogP contribution in [0.1, 0.15) is 39.0 Å². The second-order valence-corrected chi connectivity index (χ2v) is 6.02. The van der Waals surface area contributed by atoms with Crippen molar-refractivity contribution in [2.45, 2.75) is 51.1 Å². The van der Waals surface area contributed by atoms with Gasteiger partial charge in [0.25, 0.3) is 0 Å². The molecule has 2 saturated heterocycles. The fourth-order valence-corrected chi connectivity index (χ4v) is 3.57. The van der Waals surface area contributed by atoms with Crippen molar-refractivity contribution in [1.82, 2.24) is 9.80 Å². The van der Waals surface area contributed by atoms with E-state index in [1.54, 1.807) is 0 Å². The number of nitrogens with zero attached hydrogens (tertiary/aromatic N) is 2. The van der Waals surface area contributed by atoms with Crippen molar-refractivity contribution in [2.75, 3.05) is 33.2 Å². The molecule has 0 radical (unpaired) electrons. The lowest BCUT2D eigenvalue weighted by Gasteiger charge is -2.34. The summed E-state index contributed by atoms with van der Waals surface area (Å²) in [5.74, 6) is 0.795. The molecular weight excluding hydrogens is 210 g/mol. The Morgan fingerprint density at radius 3 is 2.71 bits per heavy atom. The SMILES string of the molecule is CC1CCN(CCC2CCCCN2C)C1CN. The molecule has 3 heteroatoms. The van der Waals surface area contributed by atoms with E-state index in [2.05, 4.69) is 23.8 Å². The van der Waals surface area contributed by atoms with Crippen molar-refractivity contribution in [3.05, 3.63) is 0 Å². The molecule has 2 heterocycles. The first-order chi connectivity index (χ1) is 8.22. The third-order valence-electron chi connectivity index (χ3n) is 4.91. The summed E-state index contributed by atoms with van der Waals surface area (Å²) in [6.45, 7) is 6.99. The lowest BCUT2D eigenvalue weighted by atomic mass is 9.99. The minimum absolute atomic E-state index is 0.642. The van der Waals surface area contributed by atoms with Gasteiger partial charge in [0.05, 0.1) is 0 Å². The molecule has 0 amide bonds. The fourth-order valence-electron chi connectivity index (χ4n) is 3.57. The van der Waals surface area contributed by atoms with E-state index in [1.807, 2.05) is 0 Å². The zero-order chi connectivity index (χ0) is 12.3. The van der Waals surface area contributed by atoms with E-state index in [0.717, 1.165) is 18.5 Å². The van der Waals surface area contributed by atoms with Crippen molar-refractivity contribution in [2.24, 2.45) is 11.7 Å². The third kappa shape index (κ3) is 3.21. The highest BCUT2D eigenvalue weighted by Gasteiger charge is 2.30. The highest BCUT2D eigenvalue weighted by atomic mass is 15.2. The quantitative estimate of drug-likeness (QED) is 0.807. The lowest BCUT2D eigenvalue weighted by Crippen LogP contribution is -2.42. The van der Waals surface area contributed by atoms with Crippen LogP contribution in [0.2, 0.25) is 0 Å². The molecule has 17 heavy (non-hydrogen) atoms. The molecule has 0 spiro atoms. The molecule has 0 aromatic heterocycles. The van der Waals surface area contributed by atoms with Gasteiger partial charge in [-0.2, -0.15) is 0 Å². The van der Waals surface area contributed by atoms with Crippen LogP contribution < -0.4 is 5.73 Å². The molecule has 2 aliphatic heterocycles. The Balaban J connectivity index is 1.77. The normalized spacial score (nSPS) is 36.5. The van der Waals surface area contributed by atoms with Crippen molar-refractivity contribution >= 4 is 0 Å². The molecule has 3 atom stereocenters. The standard InChI is InChI=1S/C14H29N3/c1-12-6-9-17(14(12)11-15)10-7-13-5-3-4-8-16(13)2/h12-14H,3-11,15H2,1-2H3. The molecule has 0 aromatic rings. The maximum absolute atomic E-state index is 5.90. The van der Waals surface area contributed by atoms with Gasteiger partial charge < -0.3 is 10.6 Å². The number of rotatable bonds is 4. The predicted octanol–water partition coefficient (Wildman–Crippen LogP) is 1.53. The van der Waals surface area contributed by atoms with Gasteiger partial charge in [-0.3, -0.25) is 4.90 Å². The molecule has 2 aliphatic rings. The number of nitrogens with two attached hydrogens (primary N) is 1. The first-order valence-corrected chi connectivity index (χ1v) is 7.36. The summed E-state index contributed by atoms with van der Waals surface area (Å²) >= 11 is 0. The number of hydrogen-bond donors (Lipinski definition) is 1. The van der Waals surface area contributed by atoms with E-state index in [9.17, 15) is 0 Å². The van der Waals surface area contributed by atoms with Crippen LogP contribution >= 0.6 is 0 Å². The van der Waals surface area contributed by atoms with Crippen molar-refractivity contribution < 1.29 is 0 Å². The Kier molecular flexibility index (Phi) is 4.83. The summed E-state index contributed by atoms with van der Waals surface area (Å²) in [5.41, 5.74) is 5.90. The number of likely N-dealkylation sites (tertiary alicyclic amines) is 2. The zero-order valence-electron chi connectivity index (χ0n) is 11.6. The fraction of sp³-hybridized carbons (Fsp3) is 1.00. The summed E-state index contributed by atoms with van der Waals surface area (Å²) in [6, 6.07) is 1.46. The summed E-state index contributed by atoms with van der Waals surface area (Å²) in [5, 5.41) is 0. The van der Waals surface area contributed by atoms with Crippen LogP contribution in [-0.4, -0.2) is 55.1 Å². The molecule has 2 N–H and O–H groups in total. The monoisotopic (exact) mass is 239 g/mol. The van der Waals surface area contributed by atoms with Crippen LogP contribution in [0.25, 0.3) is 0 Å². The Bertz CT molecular complexity index is 232. The number of hydrogen-bond acceptors (Lipinski definition) is 3. The second kappa shape index (κ2) is 6.17. The van der Waals surface area contributed by atoms with Gasteiger partial charge in [-0.1, -0.05) is 13.3 Å². The van der Waals surface area contributed by atoms with E-state index in [1.165, 1.54) is 51.7 Å².